The molecule has 0 atom stereocenters. The predicted octanol–water partition coefficient (Wildman–Crippen LogP) is 1.60. The van der Waals surface area contributed by atoms with Crippen molar-refractivity contribution in [1.82, 2.24) is 4.31 Å². The van der Waals surface area contributed by atoms with Gasteiger partial charge in [-0.05, 0) is 40.5 Å². The number of nitrogen functional groups attached to an aromatic ring is 1. The molecule has 0 saturated carbocycles. The zero-order chi connectivity index (χ0) is 15.3. The highest BCUT2D eigenvalue weighted by atomic mass is 79.9. The number of ether oxygens (including phenoxy) is 1. The number of esters is 1. The summed E-state index contributed by atoms with van der Waals surface area (Å²) in [4.78, 5) is 11.1. The van der Waals surface area contributed by atoms with Crippen LogP contribution in [0.25, 0.3) is 0 Å². The van der Waals surface area contributed by atoms with Crippen molar-refractivity contribution in [1.29, 1.82) is 0 Å². The van der Waals surface area contributed by atoms with Gasteiger partial charge in [-0.3, -0.25) is 4.79 Å². The van der Waals surface area contributed by atoms with Crippen LogP contribution in [0.15, 0.2) is 27.6 Å². The van der Waals surface area contributed by atoms with E-state index in [1.807, 2.05) is 0 Å². The van der Waals surface area contributed by atoms with Crippen LogP contribution in [0.4, 0.5) is 5.69 Å². The molecule has 1 rings (SSSR count). The van der Waals surface area contributed by atoms with Crippen LogP contribution in [0.5, 0.6) is 0 Å². The summed E-state index contributed by atoms with van der Waals surface area (Å²) < 4.78 is 30.8. The van der Waals surface area contributed by atoms with Gasteiger partial charge in [0.15, 0.2) is 0 Å². The Balaban J connectivity index is 2.77. The number of hydrogen-bond donors (Lipinski definition) is 1. The van der Waals surface area contributed by atoms with E-state index in [1.165, 1.54) is 36.7 Å². The normalized spacial score (nSPS) is 11.6. The van der Waals surface area contributed by atoms with Gasteiger partial charge < -0.3 is 10.5 Å². The number of methoxy groups -OCH3 is 1. The zero-order valence-corrected chi connectivity index (χ0v) is 13.7. The molecule has 0 amide bonds. The lowest BCUT2D eigenvalue weighted by molar-refractivity contribution is -0.140. The molecule has 0 unspecified atom stereocenters. The lowest BCUT2D eigenvalue weighted by Gasteiger charge is -2.17. The Morgan fingerprint density at radius 1 is 1.45 bits per heavy atom. The van der Waals surface area contributed by atoms with Crippen LogP contribution < -0.4 is 5.73 Å². The fourth-order valence-corrected chi connectivity index (χ4v) is 3.28. The third kappa shape index (κ3) is 4.19. The average Bonchev–Trinajstić information content (AvgIpc) is 2.41. The molecule has 0 aliphatic heterocycles. The number of sulfonamides is 1. The second-order valence-electron chi connectivity index (χ2n) is 4.19. The third-order valence-corrected chi connectivity index (χ3v) is 5.30. The van der Waals surface area contributed by atoms with Crippen LogP contribution in [0, 0.1) is 0 Å². The van der Waals surface area contributed by atoms with E-state index < -0.39 is 10.0 Å². The highest BCUT2D eigenvalue weighted by Crippen LogP contribution is 2.24. The molecule has 2 N–H and O–H groups in total. The molecule has 20 heavy (non-hydrogen) atoms. The molecule has 0 aliphatic carbocycles. The number of benzene rings is 1. The zero-order valence-electron chi connectivity index (χ0n) is 11.3. The highest BCUT2D eigenvalue weighted by Gasteiger charge is 2.21. The summed E-state index contributed by atoms with van der Waals surface area (Å²) in [7, 11) is -0.818. The number of carbonyl (C=O) groups excluding carboxylic acids is 1. The van der Waals surface area contributed by atoms with E-state index in [-0.39, 0.29) is 23.8 Å². The number of nitrogens with two attached hydrogens (primary N) is 1. The van der Waals surface area contributed by atoms with Crippen molar-refractivity contribution in [2.24, 2.45) is 0 Å². The molecule has 8 heteroatoms. The van der Waals surface area contributed by atoms with Crippen molar-refractivity contribution in [3.8, 4) is 0 Å². The van der Waals surface area contributed by atoms with Crippen LogP contribution in [0.3, 0.4) is 0 Å². The summed E-state index contributed by atoms with van der Waals surface area (Å²) in [6.45, 7) is 0.236. The van der Waals surface area contributed by atoms with Gasteiger partial charge in [0.2, 0.25) is 10.0 Å². The van der Waals surface area contributed by atoms with Gasteiger partial charge in [-0.25, -0.2) is 12.7 Å². The van der Waals surface area contributed by atoms with E-state index in [0.29, 0.717) is 16.6 Å². The first-order valence-electron chi connectivity index (χ1n) is 5.87. The molecule has 0 bridgehead atoms. The molecule has 0 radical (unpaired) electrons. The number of rotatable bonds is 6. The lowest BCUT2D eigenvalue weighted by Crippen LogP contribution is -2.28. The lowest BCUT2D eigenvalue weighted by atomic mass is 10.3. The van der Waals surface area contributed by atoms with Crippen LogP contribution in [-0.4, -0.2) is 39.4 Å². The maximum absolute atomic E-state index is 12.3. The first kappa shape index (κ1) is 16.9. The molecular weight excluding hydrogens is 348 g/mol. The second kappa shape index (κ2) is 7.05. The Morgan fingerprint density at radius 3 is 2.65 bits per heavy atom. The van der Waals surface area contributed by atoms with Crippen molar-refractivity contribution in [2.75, 3.05) is 26.4 Å². The molecular formula is C12H17BrN2O4S. The summed E-state index contributed by atoms with van der Waals surface area (Å²) >= 11 is 3.20. The largest absolute Gasteiger partial charge is 0.469 e. The van der Waals surface area contributed by atoms with E-state index in [0.717, 1.165) is 0 Å². The minimum atomic E-state index is -3.59. The number of carbonyl (C=O) groups is 1. The van der Waals surface area contributed by atoms with Gasteiger partial charge in [0.1, 0.15) is 0 Å². The summed E-state index contributed by atoms with van der Waals surface area (Å²) in [6, 6.07) is 4.44. The van der Waals surface area contributed by atoms with Crippen LogP contribution in [0.1, 0.15) is 12.8 Å². The molecule has 6 nitrogen and oxygen atoms in total. The summed E-state index contributed by atoms with van der Waals surface area (Å²) in [5, 5.41) is 0. The minimum absolute atomic E-state index is 0.152. The van der Waals surface area contributed by atoms with Crippen molar-refractivity contribution >= 4 is 37.6 Å². The molecule has 1 aromatic rings. The van der Waals surface area contributed by atoms with Gasteiger partial charge in [0, 0.05) is 30.2 Å². The van der Waals surface area contributed by atoms with Gasteiger partial charge >= 0.3 is 5.97 Å². The number of anilines is 1. The van der Waals surface area contributed by atoms with E-state index in [4.69, 9.17) is 5.73 Å². The first-order valence-corrected chi connectivity index (χ1v) is 8.10. The number of hydrogen-bond acceptors (Lipinski definition) is 5. The number of nitrogens with zero attached hydrogens (tertiary/aromatic N) is 1. The summed E-state index contributed by atoms with van der Waals surface area (Å²) in [5.74, 6) is -0.356. The SMILES string of the molecule is COC(=O)CCCN(C)S(=O)(=O)c1ccc(N)c(Br)c1. The second-order valence-corrected chi connectivity index (χ2v) is 7.09. The maximum Gasteiger partial charge on any atom is 0.305 e. The predicted molar refractivity (Wildman–Crippen MR) is 79.6 cm³/mol. The fourth-order valence-electron chi connectivity index (χ4n) is 1.52. The first-order chi connectivity index (χ1) is 9.28. The summed E-state index contributed by atoms with van der Waals surface area (Å²) in [5.41, 5.74) is 6.10. The summed E-state index contributed by atoms with van der Waals surface area (Å²) in [6.07, 6.45) is 0.584. The average molecular weight is 365 g/mol. The molecule has 0 saturated heterocycles. The topological polar surface area (TPSA) is 89.7 Å². The van der Waals surface area contributed by atoms with Gasteiger partial charge in [-0.2, -0.15) is 0 Å². The number of halogens is 1. The molecule has 0 heterocycles. The van der Waals surface area contributed by atoms with E-state index in [9.17, 15) is 13.2 Å². The van der Waals surface area contributed by atoms with Gasteiger partial charge in [-0.15, -0.1) is 0 Å². The smallest absolute Gasteiger partial charge is 0.305 e. The van der Waals surface area contributed by atoms with Crippen LogP contribution >= 0.6 is 15.9 Å². The molecule has 112 valence electrons. The van der Waals surface area contributed by atoms with Crippen molar-refractivity contribution < 1.29 is 17.9 Å². The molecule has 0 fully saturated rings. The van der Waals surface area contributed by atoms with Crippen LogP contribution in [0.2, 0.25) is 0 Å². The Morgan fingerprint density at radius 2 is 2.10 bits per heavy atom. The highest BCUT2D eigenvalue weighted by molar-refractivity contribution is 9.10. The Kier molecular flexibility index (Phi) is 5.97. The molecule has 0 spiro atoms. The van der Waals surface area contributed by atoms with E-state index in [1.54, 1.807) is 0 Å². The Bertz CT molecular complexity index is 589. The molecule has 0 aromatic heterocycles. The fraction of sp³-hybridized carbons (Fsp3) is 0.417. The van der Waals surface area contributed by atoms with Gasteiger partial charge in [-0.1, -0.05) is 0 Å². The monoisotopic (exact) mass is 364 g/mol. The van der Waals surface area contributed by atoms with Crippen molar-refractivity contribution in [3.05, 3.63) is 22.7 Å². The minimum Gasteiger partial charge on any atom is -0.469 e. The molecule has 0 aliphatic rings. The quantitative estimate of drug-likeness (QED) is 0.611. The Labute approximate surface area is 127 Å². The molecule has 1 aromatic carbocycles. The van der Waals surface area contributed by atoms with Crippen molar-refractivity contribution in [2.45, 2.75) is 17.7 Å². The van der Waals surface area contributed by atoms with Crippen LogP contribution in [-0.2, 0) is 19.6 Å². The third-order valence-electron chi connectivity index (χ3n) is 2.76. The Hall–Kier alpha value is -1.12. The van der Waals surface area contributed by atoms with Gasteiger partial charge in [0.25, 0.3) is 0 Å². The van der Waals surface area contributed by atoms with E-state index >= 15 is 0 Å². The maximum atomic E-state index is 12.3. The van der Waals surface area contributed by atoms with Gasteiger partial charge in [0.05, 0.1) is 12.0 Å². The standard InChI is InChI=1S/C12H17BrN2O4S/c1-15(7-3-4-12(16)19-2)20(17,18)9-5-6-11(14)10(13)8-9/h5-6,8H,3-4,7,14H2,1-2H3. The van der Waals surface area contributed by atoms with Crippen molar-refractivity contribution in [3.63, 3.8) is 0 Å². The van der Waals surface area contributed by atoms with E-state index in [2.05, 4.69) is 20.7 Å².